The Morgan fingerprint density at radius 2 is 2.17 bits per heavy atom. The Hall–Kier alpha value is -1.59. The van der Waals surface area contributed by atoms with Crippen molar-refractivity contribution in [2.24, 2.45) is 5.92 Å². The predicted molar refractivity (Wildman–Crippen MR) is 89.6 cm³/mol. The number of hydrogen-bond donors (Lipinski definition) is 1. The number of ether oxygens (including phenoxy) is 1. The third kappa shape index (κ3) is 4.69. The summed E-state index contributed by atoms with van der Waals surface area (Å²) in [4.78, 5) is 26.7. The lowest BCUT2D eigenvalue weighted by Crippen LogP contribution is -2.49. The van der Waals surface area contributed by atoms with Crippen LogP contribution in [0.3, 0.4) is 0 Å². The fourth-order valence-corrected chi connectivity index (χ4v) is 3.00. The van der Waals surface area contributed by atoms with E-state index in [0.717, 1.165) is 12.8 Å². The molecule has 0 aliphatic carbocycles. The van der Waals surface area contributed by atoms with E-state index in [1.54, 1.807) is 36.3 Å². The minimum absolute atomic E-state index is 0.0159. The van der Waals surface area contributed by atoms with Gasteiger partial charge in [-0.2, -0.15) is 0 Å². The molecule has 1 heterocycles. The number of amides is 2. The topological polar surface area (TPSA) is 58.6 Å². The molecule has 0 aromatic heterocycles. The molecular formula is C17H23ClN2O3. The van der Waals surface area contributed by atoms with Crippen molar-refractivity contribution < 1.29 is 14.3 Å². The van der Waals surface area contributed by atoms with Crippen LogP contribution in [0.5, 0.6) is 0 Å². The fraction of sp³-hybridized carbons (Fsp3) is 0.529. The summed E-state index contributed by atoms with van der Waals surface area (Å²) in [6.45, 7) is 3.43. The number of piperidine rings is 1. The summed E-state index contributed by atoms with van der Waals surface area (Å²) >= 11 is 5.97. The summed E-state index contributed by atoms with van der Waals surface area (Å²) in [6.07, 6.45) is 1.61. The highest BCUT2D eigenvalue weighted by Gasteiger charge is 2.32. The lowest BCUT2D eigenvalue weighted by molar-refractivity contribution is -0.126. The van der Waals surface area contributed by atoms with Crippen LogP contribution in [-0.4, -0.2) is 49.6 Å². The Morgan fingerprint density at radius 1 is 1.39 bits per heavy atom. The van der Waals surface area contributed by atoms with E-state index in [2.05, 4.69) is 5.32 Å². The highest BCUT2D eigenvalue weighted by molar-refractivity contribution is 6.30. The quantitative estimate of drug-likeness (QED) is 0.838. The maximum atomic E-state index is 12.7. The van der Waals surface area contributed by atoms with Crippen molar-refractivity contribution in [3.63, 3.8) is 0 Å². The number of hydrogen-bond acceptors (Lipinski definition) is 3. The monoisotopic (exact) mass is 338 g/mol. The summed E-state index contributed by atoms with van der Waals surface area (Å²) in [5.41, 5.74) is 0.560. The number of carbonyl (C=O) groups is 2. The summed E-state index contributed by atoms with van der Waals surface area (Å²) in [5, 5.41) is 3.39. The van der Waals surface area contributed by atoms with Crippen LogP contribution in [0, 0.1) is 5.92 Å². The average molecular weight is 339 g/mol. The van der Waals surface area contributed by atoms with Gasteiger partial charge in [-0.05, 0) is 38.0 Å². The van der Waals surface area contributed by atoms with Crippen molar-refractivity contribution in [1.29, 1.82) is 0 Å². The Bertz CT molecular complexity index is 565. The predicted octanol–water partition coefficient (Wildman–Crippen LogP) is 2.34. The summed E-state index contributed by atoms with van der Waals surface area (Å²) in [5.74, 6) is -0.265. The maximum absolute atomic E-state index is 12.7. The Kier molecular flexibility index (Phi) is 6.42. The molecule has 5 nitrogen and oxygen atoms in total. The SMILES string of the molecule is COCCNC(=O)[C@H]1CC[C@@H](C)N(C(=O)c2cccc(Cl)c2)C1. The van der Waals surface area contributed by atoms with E-state index in [4.69, 9.17) is 16.3 Å². The van der Waals surface area contributed by atoms with Gasteiger partial charge < -0.3 is 15.0 Å². The van der Waals surface area contributed by atoms with E-state index in [1.807, 2.05) is 6.92 Å². The second-order valence-electron chi connectivity index (χ2n) is 5.87. The highest BCUT2D eigenvalue weighted by atomic mass is 35.5. The van der Waals surface area contributed by atoms with Gasteiger partial charge in [0.25, 0.3) is 5.91 Å². The first kappa shape index (κ1) is 17.8. The Morgan fingerprint density at radius 3 is 2.87 bits per heavy atom. The van der Waals surface area contributed by atoms with Gasteiger partial charge in [-0.15, -0.1) is 0 Å². The largest absolute Gasteiger partial charge is 0.383 e. The van der Waals surface area contributed by atoms with Crippen molar-refractivity contribution in [1.82, 2.24) is 10.2 Å². The van der Waals surface area contributed by atoms with Crippen LogP contribution in [0.25, 0.3) is 0 Å². The standard InChI is InChI=1S/C17H23ClN2O3/c1-12-6-7-14(16(21)19-8-9-23-2)11-20(12)17(22)13-4-3-5-15(18)10-13/h3-5,10,12,14H,6-9,11H2,1-2H3,(H,19,21)/t12-,14+/m1/s1. The van der Waals surface area contributed by atoms with E-state index in [9.17, 15) is 9.59 Å². The van der Waals surface area contributed by atoms with Crippen molar-refractivity contribution in [2.75, 3.05) is 26.8 Å². The van der Waals surface area contributed by atoms with E-state index >= 15 is 0 Å². The molecule has 6 heteroatoms. The molecule has 2 rings (SSSR count). The molecule has 1 aliphatic rings. The van der Waals surface area contributed by atoms with Crippen LogP contribution in [0.2, 0.25) is 5.02 Å². The maximum Gasteiger partial charge on any atom is 0.254 e. The van der Waals surface area contributed by atoms with E-state index in [-0.39, 0.29) is 23.8 Å². The van der Waals surface area contributed by atoms with Crippen molar-refractivity contribution >= 4 is 23.4 Å². The first-order valence-corrected chi connectivity index (χ1v) is 8.24. The van der Waals surface area contributed by atoms with Gasteiger partial charge in [-0.3, -0.25) is 9.59 Å². The van der Waals surface area contributed by atoms with Crippen molar-refractivity contribution in [2.45, 2.75) is 25.8 Å². The number of likely N-dealkylation sites (tertiary alicyclic amines) is 1. The number of nitrogens with one attached hydrogen (secondary N) is 1. The minimum Gasteiger partial charge on any atom is -0.383 e. The molecule has 0 radical (unpaired) electrons. The van der Waals surface area contributed by atoms with E-state index in [1.165, 1.54) is 0 Å². The normalized spacial score (nSPS) is 21.1. The molecule has 126 valence electrons. The lowest BCUT2D eigenvalue weighted by Gasteiger charge is -2.37. The molecule has 0 unspecified atom stereocenters. The van der Waals surface area contributed by atoms with Crippen LogP contribution in [-0.2, 0) is 9.53 Å². The number of carbonyl (C=O) groups excluding carboxylic acids is 2. The van der Waals surface area contributed by atoms with E-state index in [0.29, 0.717) is 30.3 Å². The molecule has 1 aliphatic heterocycles. The van der Waals surface area contributed by atoms with Crippen LogP contribution >= 0.6 is 11.6 Å². The zero-order valence-corrected chi connectivity index (χ0v) is 14.3. The molecule has 0 bridgehead atoms. The third-order valence-electron chi connectivity index (χ3n) is 4.19. The molecule has 0 saturated carbocycles. The number of rotatable bonds is 5. The number of nitrogens with zero attached hydrogens (tertiary/aromatic N) is 1. The molecule has 1 N–H and O–H groups in total. The minimum atomic E-state index is -0.175. The second kappa shape index (κ2) is 8.31. The first-order chi connectivity index (χ1) is 11.0. The Labute approximate surface area is 141 Å². The van der Waals surface area contributed by atoms with Crippen LogP contribution in [0.4, 0.5) is 0 Å². The first-order valence-electron chi connectivity index (χ1n) is 7.86. The lowest BCUT2D eigenvalue weighted by atomic mass is 9.92. The van der Waals surface area contributed by atoms with Gasteiger partial charge in [0.15, 0.2) is 0 Å². The number of benzene rings is 1. The molecular weight excluding hydrogens is 316 g/mol. The smallest absolute Gasteiger partial charge is 0.254 e. The summed E-state index contributed by atoms with van der Waals surface area (Å²) in [6, 6.07) is 7.04. The average Bonchev–Trinajstić information content (AvgIpc) is 2.54. The van der Waals surface area contributed by atoms with Gasteiger partial charge in [0.05, 0.1) is 12.5 Å². The van der Waals surface area contributed by atoms with Gasteiger partial charge in [-0.1, -0.05) is 17.7 Å². The molecule has 23 heavy (non-hydrogen) atoms. The molecule has 1 aromatic carbocycles. The van der Waals surface area contributed by atoms with E-state index < -0.39 is 0 Å². The van der Waals surface area contributed by atoms with Crippen molar-refractivity contribution in [3.05, 3.63) is 34.9 Å². The van der Waals surface area contributed by atoms with Gasteiger partial charge in [-0.25, -0.2) is 0 Å². The zero-order chi connectivity index (χ0) is 16.8. The van der Waals surface area contributed by atoms with Gasteiger partial charge in [0.2, 0.25) is 5.91 Å². The molecule has 1 fully saturated rings. The van der Waals surface area contributed by atoms with Gasteiger partial charge >= 0.3 is 0 Å². The summed E-state index contributed by atoms with van der Waals surface area (Å²) < 4.78 is 4.93. The van der Waals surface area contributed by atoms with Crippen LogP contribution < -0.4 is 5.32 Å². The third-order valence-corrected chi connectivity index (χ3v) is 4.43. The van der Waals surface area contributed by atoms with Gasteiger partial charge in [0.1, 0.15) is 0 Å². The molecule has 1 saturated heterocycles. The van der Waals surface area contributed by atoms with Crippen LogP contribution in [0.15, 0.2) is 24.3 Å². The molecule has 2 amide bonds. The summed E-state index contributed by atoms with van der Waals surface area (Å²) in [7, 11) is 1.60. The fourth-order valence-electron chi connectivity index (χ4n) is 2.81. The zero-order valence-electron chi connectivity index (χ0n) is 13.5. The molecule has 2 atom stereocenters. The number of methoxy groups -OCH3 is 1. The second-order valence-corrected chi connectivity index (χ2v) is 6.31. The van der Waals surface area contributed by atoms with Crippen LogP contribution in [0.1, 0.15) is 30.1 Å². The van der Waals surface area contributed by atoms with Crippen molar-refractivity contribution in [3.8, 4) is 0 Å². The highest BCUT2D eigenvalue weighted by Crippen LogP contribution is 2.24. The van der Waals surface area contributed by atoms with Gasteiger partial charge in [0, 0.05) is 36.8 Å². The molecule has 0 spiro atoms. The molecule has 1 aromatic rings. The Balaban J connectivity index is 2.03. The number of halogens is 1.